The van der Waals surface area contributed by atoms with E-state index in [0.717, 1.165) is 28.9 Å². The maximum atomic E-state index is 11.8. The lowest BCUT2D eigenvalue weighted by Gasteiger charge is -2.13. The summed E-state index contributed by atoms with van der Waals surface area (Å²) in [6, 6.07) is 10.8. The highest BCUT2D eigenvalue weighted by molar-refractivity contribution is 6.01. The first kappa shape index (κ1) is 15.3. The molecule has 0 atom stereocenters. The molecule has 4 nitrogen and oxygen atoms in total. The number of hydrogen-bond donors (Lipinski definition) is 0. The van der Waals surface area contributed by atoms with Crippen LogP contribution in [0.4, 0.5) is 0 Å². The van der Waals surface area contributed by atoms with E-state index in [0.29, 0.717) is 17.7 Å². The molecule has 3 rings (SSSR count). The summed E-state index contributed by atoms with van der Waals surface area (Å²) < 4.78 is 11.2. The van der Waals surface area contributed by atoms with E-state index in [2.05, 4.69) is 0 Å². The van der Waals surface area contributed by atoms with Gasteiger partial charge in [-0.05, 0) is 37.6 Å². The van der Waals surface area contributed by atoms with Gasteiger partial charge in [-0.1, -0.05) is 12.1 Å². The molecule has 0 saturated heterocycles. The topological polar surface area (TPSA) is 52.6 Å². The summed E-state index contributed by atoms with van der Waals surface area (Å²) in [4.78, 5) is 23.3. The first-order chi connectivity index (χ1) is 11.1. The van der Waals surface area contributed by atoms with Gasteiger partial charge in [0, 0.05) is 28.7 Å². The Morgan fingerprint density at radius 2 is 1.96 bits per heavy atom. The molecule has 0 amide bonds. The molecule has 0 heterocycles. The molecular formula is C19H18O4. The Kier molecular flexibility index (Phi) is 4.15. The number of fused-ring (bicyclic) bond motifs is 1. The highest BCUT2D eigenvalue weighted by Gasteiger charge is 2.22. The second-order valence-corrected chi connectivity index (χ2v) is 5.58. The van der Waals surface area contributed by atoms with Gasteiger partial charge in [0.25, 0.3) is 0 Å². The molecule has 0 bridgehead atoms. The van der Waals surface area contributed by atoms with Crippen molar-refractivity contribution in [1.29, 1.82) is 0 Å². The fourth-order valence-corrected chi connectivity index (χ4v) is 2.86. The van der Waals surface area contributed by atoms with E-state index in [4.69, 9.17) is 9.47 Å². The fourth-order valence-electron chi connectivity index (χ4n) is 2.86. The summed E-state index contributed by atoms with van der Waals surface area (Å²) in [5, 5.41) is 0. The number of methoxy groups -OCH3 is 1. The third kappa shape index (κ3) is 2.97. The van der Waals surface area contributed by atoms with Crippen LogP contribution in [0, 0.1) is 0 Å². The Labute approximate surface area is 135 Å². The van der Waals surface area contributed by atoms with E-state index in [1.54, 1.807) is 25.3 Å². The smallest absolute Gasteiger partial charge is 0.163 e. The lowest BCUT2D eigenvalue weighted by Crippen LogP contribution is -2.03. The molecule has 1 aliphatic carbocycles. The number of ether oxygens (including phenoxy) is 2. The summed E-state index contributed by atoms with van der Waals surface area (Å²) >= 11 is 0. The minimum atomic E-state index is 0.0000949. The third-order valence-electron chi connectivity index (χ3n) is 4.11. The Hall–Kier alpha value is -2.62. The Balaban J connectivity index is 1.85. The van der Waals surface area contributed by atoms with Gasteiger partial charge in [0.2, 0.25) is 0 Å². The van der Waals surface area contributed by atoms with Crippen LogP contribution in [0.1, 0.15) is 45.2 Å². The minimum absolute atomic E-state index is 0.0000949. The number of ketones is 2. The van der Waals surface area contributed by atoms with Crippen molar-refractivity contribution in [3.8, 4) is 11.5 Å². The highest BCUT2D eigenvalue weighted by atomic mass is 16.5. The van der Waals surface area contributed by atoms with E-state index >= 15 is 0 Å². The van der Waals surface area contributed by atoms with Crippen LogP contribution in [0.15, 0.2) is 36.4 Å². The molecule has 0 aliphatic heterocycles. The quantitative estimate of drug-likeness (QED) is 0.792. The number of hydrogen-bond acceptors (Lipinski definition) is 4. The number of carbonyl (C=O) groups excluding carboxylic acids is 2. The largest absolute Gasteiger partial charge is 0.496 e. The molecule has 1 aliphatic rings. The fraction of sp³-hybridized carbons (Fsp3) is 0.263. The zero-order valence-electron chi connectivity index (χ0n) is 13.2. The van der Waals surface area contributed by atoms with Crippen LogP contribution >= 0.6 is 0 Å². The standard InChI is InChI=1S/C19H18O4/c1-12(20)13-6-9-18(22-2)14(10-13)11-23-19-5-3-4-15-16(19)7-8-17(15)21/h3-6,9-10H,7-8,11H2,1-2H3. The number of benzene rings is 2. The predicted octanol–water partition coefficient (Wildman–Crippen LogP) is 3.61. The molecule has 0 radical (unpaired) electrons. The van der Waals surface area contributed by atoms with Gasteiger partial charge in [0.15, 0.2) is 11.6 Å². The molecular weight excluding hydrogens is 292 g/mol. The monoisotopic (exact) mass is 310 g/mol. The Morgan fingerprint density at radius 1 is 1.13 bits per heavy atom. The molecule has 0 unspecified atom stereocenters. The average Bonchev–Trinajstić information content (AvgIpc) is 2.94. The Bertz CT molecular complexity index is 777. The van der Waals surface area contributed by atoms with Gasteiger partial charge < -0.3 is 9.47 Å². The second-order valence-electron chi connectivity index (χ2n) is 5.58. The summed E-state index contributed by atoms with van der Waals surface area (Å²) in [6.07, 6.45) is 1.26. The summed E-state index contributed by atoms with van der Waals surface area (Å²) in [5.41, 5.74) is 3.16. The van der Waals surface area contributed by atoms with E-state index < -0.39 is 0 Å². The molecule has 0 saturated carbocycles. The maximum absolute atomic E-state index is 11.8. The zero-order chi connectivity index (χ0) is 16.4. The molecule has 0 spiro atoms. The number of rotatable bonds is 5. The average molecular weight is 310 g/mol. The lowest BCUT2D eigenvalue weighted by molar-refractivity contribution is 0.0991. The predicted molar refractivity (Wildman–Crippen MR) is 86.4 cm³/mol. The van der Waals surface area contributed by atoms with Crippen LogP contribution in [-0.2, 0) is 13.0 Å². The van der Waals surface area contributed by atoms with Gasteiger partial charge in [-0.25, -0.2) is 0 Å². The van der Waals surface area contributed by atoms with Crippen molar-refractivity contribution in [2.75, 3.05) is 7.11 Å². The molecule has 4 heteroatoms. The van der Waals surface area contributed by atoms with Crippen LogP contribution in [0.3, 0.4) is 0 Å². The third-order valence-corrected chi connectivity index (χ3v) is 4.11. The van der Waals surface area contributed by atoms with Crippen molar-refractivity contribution in [2.24, 2.45) is 0 Å². The summed E-state index contributed by atoms with van der Waals surface area (Å²) in [6.45, 7) is 1.82. The summed E-state index contributed by atoms with van der Waals surface area (Å²) in [7, 11) is 1.59. The van der Waals surface area contributed by atoms with Gasteiger partial charge in [-0.15, -0.1) is 0 Å². The van der Waals surface area contributed by atoms with E-state index in [-0.39, 0.29) is 18.2 Å². The lowest BCUT2D eigenvalue weighted by atomic mass is 10.1. The maximum Gasteiger partial charge on any atom is 0.163 e. The number of Topliss-reactive ketones (excluding diaryl/α,β-unsaturated/α-hetero) is 2. The highest BCUT2D eigenvalue weighted by Crippen LogP contribution is 2.31. The van der Waals surface area contributed by atoms with Crippen LogP contribution in [0.5, 0.6) is 11.5 Å². The SMILES string of the molecule is COc1ccc(C(C)=O)cc1COc1cccc2c1CCC2=O. The van der Waals surface area contributed by atoms with Gasteiger partial charge in [0.1, 0.15) is 18.1 Å². The van der Waals surface area contributed by atoms with Gasteiger partial charge in [-0.2, -0.15) is 0 Å². The van der Waals surface area contributed by atoms with Crippen molar-refractivity contribution in [1.82, 2.24) is 0 Å². The second kappa shape index (κ2) is 6.24. The van der Waals surface area contributed by atoms with Crippen molar-refractivity contribution in [2.45, 2.75) is 26.4 Å². The van der Waals surface area contributed by atoms with Crippen LogP contribution in [-0.4, -0.2) is 18.7 Å². The molecule has 0 aromatic heterocycles. The minimum Gasteiger partial charge on any atom is -0.496 e. The van der Waals surface area contributed by atoms with Crippen LogP contribution < -0.4 is 9.47 Å². The molecule has 23 heavy (non-hydrogen) atoms. The molecule has 2 aromatic rings. The van der Waals surface area contributed by atoms with Crippen LogP contribution in [0.25, 0.3) is 0 Å². The molecule has 118 valence electrons. The van der Waals surface area contributed by atoms with Crippen LogP contribution in [0.2, 0.25) is 0 Å². The van der Waals surface area contributed by atoms with Gasteiger partial charge in [0.05, 0.1) is 7.11 Å². The van der Waals surface area contributed by atoms with Gasteiger partial charge >= 0.3 is 0 Å². The molecule has 2 aromatic carbocycles. The normalized spacial score (nSPS) is 12.9. The van der Waals surface area contributed by atoms with Crippen molar-refractivity contribution in [3.63, 3.8) is 0 Å². The first-order valence-corrected chi connectivity index (χ1v) is 7.56. The summed E-state index contributed by atoms with van der Waals surface area (Å²) in [5.74, 6) is 1.57. The first-order valence-electron chi connectivity index (χ1n) is 7.56. The van der Waals surface area contributed by atoms with Crippen molar-refractivity contribution >= 4 is 11.6 Å². The zero-order valence-corrected chi connectivity index (χ0v) is 13.2. The van der Waals surface area contributed by atoms with Gasteiger partial charge in [-0.3, -0.25) is 9.59 Å². The van der Waals surface area contributed by atoms with Crippen molar-refractivity contribution in [3.05, 3.63) is 58.7 Å². The molecule has 0 fully saturated rings. The van der Waals surface area contributed by atoms with E-state index in [1.165, 1.54) is 6.92 Å². The number of carbonyl (C=O) groups is 2. The molecule has 0 N–H and O–H groups in total. The Morgan fingerprint density at radius 3 is 2.70 bits per heavy atom. The van der Waals surface area contributed by atoms with Crippen molar-refractivity contribution < 1.29 is 19.1 Å². The van der Waals surface area contributed by atoms with E-state index in [1.807, 2.05) is 18.2 Å². The van der Waals surface area contributed by atoms with E-state index in [9.17, 15) is 9.59 Å².